The summed E-state index contributed by atoms with van der Waals surface area (Å²) in [6, 6.07) is 32.3. The highest BCUT2D eigenvalue weighted by Gasteiger charge is 2.21. The van der Waals surface area contributed by atoms with Gasteiger partial charge in [0.05, 0.1) is 15.1 Å². The number of hydrogen-bond donors (Lipinski definition) is 0. The maximum absolute atomic E-state index is 9.63. The lowest BCUT2D eigenvalue weighted by molar-refractivity contribution is 0.669. The smallest absolute Gasteiger partial charge is 0.136 e. The molecule has 0 amide bonds. The van der Waals surface area contributed by atoms with E-state index in [1.165, 1.54) is 0 Å². The number of furan rings is 1. The topological polar surface area (TPSA) is 13.1 Å². The molecule has 1 aromatic heterocycles. The molecule has 0 saturated heterocycles. The molecular formula is C48H30O. The van der Waals surface area contributed by atoms with Crippen LogP contribution >= 0.6 is 0 Å². The Morgan fingerprint density at radius 1 is 0.388 bits per heavy atom. The Balaban J connectivity index is 1.39. The predicted molar refractivity (Wildman–Crippen MR) is 208 cm³/mol. The zero-order valence-corrected chi connectivity index (χ0v) is 25.9. The average molecular weight is 634 g/mol. The van der Waals surface area contributed by atoms with E-state index in [4.69, 9.17) is 16.8 Å². The van der Waals surface area contributed by atoms with Crippen molar-refractivity contribution in [1.29, 1.82) is 0 Å². The Morgan fingerprint density at radius 3 is 1.73 bits per heavy atom. The summed E-state index contributed by atoms with van der Waals surface area (Å²) in [5.74, 6) is 0. The standard InChI is InChI=1S/C48H30O/c1-3-14-31(15-4-1)33-26-27-44-43(29-33)48-41(24-13-25-45(48)49-44)46-37-20-9-11-22-39(37)47(40-23-12-10-21-38(40)46)42-30-35(32-16-5-2-6-17-32)28-34-18-7-8-19-36(34)42/h1-30H/i1D,3D,4D,13D,14D,15D,24D,25D,26D,27D,29D. The lowest BCUT2D eigenvalue weighted by Crippen LogP contribution is -1.93. The van der Waals surface area contributed by atoms with Crippen LogP contribution in [0.1, 0.15) is 15.1 Å². The molecule has 1 nitrogen and oxygen atoms in total. The van der Waals surface area contributed by atoms with Crippen LogP contribution in [0, 0.1) is 0 Å². The van der Waals surface area contributed by atoms with Gasteiger partial charge in [0, 0.05) is 10.8 Å². The van der Waals surface area contributed by atoms with Gasteiger partial charge < -0.3 is 4.42 Å². The normalized spacial score (nSPS) is 14.8. The van der Waals surface area contributed by atoms with Crippen LogP contribution < -0.4 is 0 Å². The van der Waals surface area contributed by atoms with Gasteiger partial charge in [0.2, 0.25) is 0 Å². The molecule has 1 heterocycles. The molecule has 0 fully saturated rings. The molecule has 10 rings (SSSR count). The van der Waals surface area contributed by atoms with Gasteiger partial charge >= 0.3 is 0 Å². The Bertz CT molecular complexity index is 3420. The zero-order valence-electron chi connectivity index (χ0n) is 36.9. The van der Waals surface area contributed by atoms with Crippen molar-refractivity contribution < 1.29 is 19.5 Å². The molecule has 228 valence electrons. The van der Waals surface area contributed by atoms with Crippen LogP contribution in [0.3, 0.4) is 0 Å². The van der Waals surface area contributed by atoms with Crippen molar-refractivity contribution in [2.75, 3.05) is 0 Å². The summed E-state index contributed by atoms with van der Waals surface area (Å²) >= 11 is 0. The number of rotatable bonds is 4. The van der Waals surface area contributed by atoms with Gasteiger partial charge in [0.1, 0.15) is 11.2 Å². The molecule has 0 aliphatic heterocycles. The second-order valence-electron chi connectivity index (χ2n) is 12.0. The van der Waals surface area contributed by atoms with Crippen LogP contribution in [-0.4, -0.2) is 0 Å². The molecule has 0 N–H and O–H groups in total. The van der Waals surface area contributed by atoms with E-state index in [9.17, 15) is 2.74 Å². The molecule has 0 radical (unpaired) electrons. The third-order valence-electron chi connectivity index (χ3n) is 9.24. The predicted octanol–water partition coefficient (Wildman–Crippen LogP) is 13.7. The van der Waals surface area contributed by atoms with E-state index >= 15 is 0 Å². The Kier molecular flexibility index (Phi) is 4.25. The SMILES string of the molecule is [2H]c1c([2H])c([2H])c(-c2c([2H])c([2H])c3oc4c([2H])c([2H])c([2H])c(-c5c6ccccc6c(-c6cc(-c7ccccc7)cc7ccccc67)c6ccccc56)c4c3c2[2H])c([2H])c1[2H]. The van der Waals surface area contributed by atoms with Crippen LogP contribution in [0.15, 0.2) is 186 Å². The van der Waals surface area contributed by atoms with Crippen molar-refractivity contribution in [3.05, 3.63) is 182 Å². The van der Waals surface area contributed by atoms with Gasteiger partial charge in [-0.1, -0.05) is 151 Å². The zero-order chi connectivity index (χ0) is 41.9. The molecule has 0 unspecified atom stereocenters. The van der Waals surface area contributed by atoms with Crippen molar-refractivity contribution in [2.24, 2.45) is 0 Å². The summed E-state index contributed by atoms with van der Waals surface area (Å²) < 4.78 is 104. The molecule has 1 heteroatoms. The minimum absolute atomic E-state index is 0.0661. The van der Waals surface area contributed by atoms with Crippen molar-refractivity contribution in [1.82, 2.24) is 0 Å². The van der Waals surface area contributed by atoms with Gasteiger partial charge in [0.15, 0.2) is 0 Å². The first-order chi connectivity index (χ1) is 28.9. The fourth-order valence-corrected chi connectivity index (χ4v) is 7.14. The first-order valence-electron chi connectivity index (χ1n) is 21.5. The summed E-state index contributed by atoms with van der Waals surface area (Å²) in [7, 11) is 0. The van der Waals surface area contributed by atoms with E-state index in [1.54, 1.807) is 0 Å². The number of fused-ring (bicyclic) bond motifs is 6. The Labute approximate surface area is 299 Å². The molecule has 0 aliphatic rings. The second-order valence-corrected chi connectivity index (χ2v) is 12.0. The monoisotopic (exact) mass is 633 g/mol. The fourth-order valence-electron chi connectivity index (χ4n) is 7.14. The number of benzene rings is 9. The molecule has 0 spiro atoms. The van der Waals surface area contributed by atoms with Gasteiger partial charge in [-0.25, -0.2) is 0 Å². The molecule has 0 atom stereocenters. The van der Waals surface area contributed by atoms with E-state index in [0.29, 0.717) is 16.3 Å². The maximum atomic E-state index is 9.63. The molecule has 10 aromatic rings. The molecule has 49 heavy (non-hydrogen) atoms. The van der Waals surface area contributed by atoms with Gasteiger partial charge in [-0.15, -0.1) is 0 Å². The minimum Gasteiger partial charge on any atom is -0.456 e. The highest BCUT2D eigenvalue weighted by Crippen LogP contribution is 2.48. The van der Waals surface area contributed by atoms with Gasteiger partial charge in [-0.2, -0.15) is 0 Å². The first-order valence-corrected chi connectivity index (χ1v) is 16.0. The minimum atomic E-state index is -0.657. The van der Waals surface area contributed by atoms with Crippen LogP contribution in [0.4, 0.5) is 0 Å². The lowest BCUT2D eigenvalue weighted by Gasteiger charge is -2.20. The third kappa shape index (κ3) is 4.40. The second kappa shape index (κ2) is 11.1. The van der Waals surface area contributed by atoms with Crippen LogP contribution in [-0.2, 0) is 0 Å². The molecule has 0 bridgehead atoms. The van der Waals surface area contributed by atoms with E-state index in [-0.39, 0.29) is 39.1 Å². The largest absolute Gasteiger partial charge is 0.456 e. The summed E-state index contributed by atoms with van der Waals surface area (Å²) in [6.45, 7) is 0. The lowest BCUT2D eigenvalue weighted by atomic mass is 9.83. The average Bonchev–Trinajstić information content (AvgIpc) is 3.68. The third-order valence-corrected chi connectivity index (χ3v) is 9.24. The van der Waals surface area contributed by atoms with Crippen LogP contribution in [0.5, 0.6) is 0 Å². The summed E-state index contributed by atoms with van der Waals surface area (Å²) in [6.07, 6.45) is 0. The molecule has 0 aliphatic carbocycles. The van der Waals surface area contributed by atoms with Gasteiger partial charge in [-0.3, -0.25) is 0 Å². The molecular weight excluding hydrogens is 593 g/mol. The molecule has 9 aromatic carbocycles. The van der Waals surface area contributed by atoms with Crippen molar-refractivity contribution in [2.45, 2.75) is 0 Å². The van der Waals surface area contributed by atoms with Crippen molar-refractivity contribution in [3.63, 3.8) is 0 Å². The highest BCUT2D eigenvalue weighted by molar-refractivity contribution is 6.27. The van der Waals surface area contributed by atoms with E-state index in [0.717, 1.165) is 43.8 Å². The fraction of sp³-hybridized carbons (Fsp3) is 0. The quantitative estimate of drug-likeness (QED) is 0.176. The highest BCUT2D eigenvalue weighted by atomic mass is 16.3. The van der Waals surface area contributed by atoms with Crippen molar-refractivity contribution >= 4 is 54.3 Å². The summed E-state index contributed by atoms with van der Waals surface area (Å²) in [4.78, 5) is 0. The Morgan fingerprint density at radius 2 is 1.02 bits per heavy atom. The van der Waals surface area contributed by atoms with Crippen molar-refractivity contribution in [3.8, 4) is 44.5 Å². The summed E-state index contributed by atoms with van der Waals surface area (Å²) in [5.41, 5.74) is 3.52. The van der Waals surface area contributed by atoms with E-state index in [1.807, 2.05) is 78.9 Å². The van der Waals surface area contributed by atoms with E-state index in [2.05, 4.69) is 36.4 Å². The van der Waals surface area contributed by atoms with Gasteiger partial charge in [-0.05, 0) is 107 Å². The maximum Gasteiger partial charge on any atom is 0.136 e. The first kappa shape index (κ1) is 18.8. The summed E-state index contributed by atoms with van der Waals surface area (Å²) in [5, 5.41) is 5.20. The number of hydrogen-bond acceptors (Lipinski definition) is 1. The van der Waals surface area contributed by atoms with Crippen LogP contribution in [0.2, 0.25) is 0 Å². The van der Waals surface area contributed by atoms with E-state index < -0.39 is 66.0 Å². The van der Waals surface area contributed by atoms with Crippen LogP contribution in [0.25, 0.3) is 98.8 Å². The molecule has 0 saturated carbocycles. The van der Waals surface area contributed by atoms with Gasteiger partial charge in [0.25, 0.3) is 0 Å². The Hall–Kier alpha value is -6.44.